The van der Waals surface area contributed by atoms with Gasteiger partial charge in [0.15, 0.2) is 0 Å². The lowest BCUT2D eigenvalue weighted by atomic mass is 10.2. The van der Waals surface area contributed by atoms with Crippen molar-refractivity contribution < 1.29 is 13.2 Å². The normalized spacial score (nSPS) is 17.3. The van der Waals surface area contributed by atoms with Crippen molar-refractivity contribution in [1.82, 2.24) is 9.88 Å². The Morgan fingerprint density at radius 2 is 1.95 bits per heavy atom. The van der Waals surface area contributed by atoms with Crippen molar-refractivity contribution >= 4 is 5.82 Å². The minimum absolute atomic E-state index is 0.320. The standard InChI is InChI=1S/C12H13F3N4/c13-12(14,15)9-18-4-6-19(7-5-18)11-10(8-16)2-1-3-17-11/h1-3H,4-7,9H2. The highest BCUT2D eigenvalue weighted by Crippen LogP contribution is 2.21. The average Bonchev–Trinajstić information content (AvgIpc) is 2.38. The lowest BCUT2D eigenvalue weighted by Gasteiger charge is -2.35. The molecular formula is C12H13F3N4. The highest BCUT2D eigenvalue weighted by atomic mass is 19.4. The molecule has 7 heteroatoms. The molecule has 102 valence electrons. The maximum Gasteiger partial charge on any atom is 0.401 e. The van der Waals surface area contributed by atoms with Crippen LogP contribution >= 0.6 is 0 Å². The predicted octanol–water partition coefficient (Wildman–Crippen LogP) is 1.64. The molecule has 19 heavy (non-hydrogen) atoms. The van der Waals surface area contributed by atoms with E-state index in [1.807, 2.05) is 11.0 Å². The highest BCUT2D eigenvalue weighted by molar-refractivity contribution is 5.53. The van der Waals surface area contributed by atoms with Crippen LogP contribution < -0.4 is 4.90 Å². The minimum atomic E-state index is -4.16. The number of aromatic nitrogens is 1. The van der Waals surface area contributed by atoms with E-state index in [1.54, 1.807) is 18.3 Å². The number of pyridine rings is 1. The van der Waals surface area contributed by atoms with Gasteiger partial charge in [-0.1, -0.05) is 0 Å². The van der Waals surface area contributed by atoms with Crippen molar-refractivity contribution in [2.75, 3.05) is 37.6 Å². The first-order valence-corrected chi connectivity index (χ1v) is 5.89. The zero-order valence-electron chi connectivity index (χ0n) is 10.2. The van der Waals surface area contributed by atoms with Gasteiger partial charge >= 0.3 is 6.18 Å². The molecule has 0 amide bonds. The molecule has 1 saturated heterocycles. The van der Waals surface area contributed by atoms with E-state index in [9.17, 15) is 13.2 Å². The molecule has 0 aliphatic carbocycles. The van der Waals surface area contributed by atoms with Gasteiger partial charge in [-0.2, -0.15) is 18.4 Å². The van der Waals surface area contributed by atoms with Crippen molar-refractivity contribution in [3.05, 3.63) is 23.9 Å². The molecule has 0 saturated carbocycles. The molecule has 1 fully saturated rings. The van der Waals surface area contributed by atoms with Gasteiger partial charge in [-0.05, 0) is 12.1 Å². The lowest BCUT2D eigenvalue weighted by Crippen LogP contribution is -2.49. The average molecular weight is 270 g/mol. The quantitative estimate of drug-likeness (QED) is 0.819. The monoisotopic (exact) mass is 270 g/mol. The first-order valence-electron chi connectivity index (χ1n) is 5.89. The number of nitrogens with zero attached hydrogens (tertiary/aromatic N) is 4. The van der Waals surface area contributed by atoms with Crippen LogP contribution in [0, 0.1) is 11.3 Å². The van der Waals surface area contributed by atoms with Gasteiger partial charge < -0.3 is 4.90 Å². The van der Waals surface area contributed by atoms with Crippen LogP contribution in [0.2, 0.25) is 0 Å². The Bertz CT molecular complexity index is 473. The van der Waals surface area contributed by atoms with E-state index in [0.29, 0.717) is 37.6 Å². The molecule has 1 aliphatic rings. The summed E-state index contributed by atoms with van der Waals surface area (Å²) in [5.41, 5.74) is 0.451. The Balaban J connectivity index is 1.99. The van der Waals surface area contributed by atoms with Gasteiger partial charge in [0.2, 0.25) is 0 Å². The number of piperazine rings is 1. The summed E-state index contributed by atoms with van der Waals surface area (Å²) in [6.07, 6.45) is -2.58. The Hall–Kier alpha value is -1.81. The second kappa shape index (κ2) is 5.45. The van der Waals surface area contributed by atoms with Gasteiger partial charge in [-0.3, -0.25) is 4.90 Å². The van der Waals surface area contributed by atoms with Gasteiger partial charge in [0, 0.05) is 32.4 Å². The summed E-state index contributed by atoms with van der Waals surface area (Å²) in [5.74, 6) is 0.552. The summed E-state index contributed by atoms with van der Waals surface area (Å²) in [7, 11) is 0. The molecule has 0 radical (unpaired) electrons. The van der Waals surface area contributed by atoms with Crippen LogP contribution in [0.5, 0.6) is 0 Å². The largest absolute Gasteiger partial charge is 0.401 e. The van der Waals surface area contributed by atoms with E-state index in [4.69, 9.17) is 5.26 Å². The summed E-state index contributed by atoms with van der Waals surface area (Å²) < 4.78 is 36.8. The molecular weight excluding hydrogens is 257 g/mol. The molecule has 2 rings (SSSR count). The molecule has 0 atom stereocenters. The molecule has 4 nitrogen and oxygen atoms in total. The molecule has 0 spiro atoms. The lowest BCUT2D eigenvalue weighted by molar-refractivity contribution is -0.146. The zero-order valence-corrected chi connectivity index (χ0v) is 10.2. The van der Waals surface area contributed by atoms with Gasteiger partial charge in [0.1, 0.15) is 11.9 Å². The fourth-order valence-corrected chi connectivity index (χ4v) is 2.11. The van der Waals surface area contributed by atoms with E-state index in [-0.39, 0.29) is 0 Å². The van der Waals surface area contributed by atoms with Crippen LogP contribution in [0.4, 0.5) is 19.0 Å². The summed E-state index contributed by atoms with van der Waals surface area (Å²) in [6.45, 7) is 0.652. The second-order valence-corrected chi connectivity index (χ2v) is 4.36. The smallest absolute Gasteiger partial charge is 0.353 e. The third-order valence-corrected chi connectivity index (χ3v) is 2.98. The van der Waals surface area contributed by atoms with Gasteiger partial charge in [0.25, 0.3) is 0 Å². The van der Waals surface area contributed by atoms with Crippen LogP contribution in [-0.2, 0) is 0 Å². The SMILES string of the molecule is N#Cc1cccnc1N1CCN(CC(F)(F)F)CC1. The molecule has 1 aliphatic heterocycles. The van der Waals surface area contributed by atoms with Crippen molar-refractivity contribution in [1.29, 1.82) is 5.26 Å². The second-order valence-electron chi connectivity index (χ2n) is 4.36. The number of rotatable bonds is 2. The Kier molecular flexibility index (Phi) is 3.90. The Labute approximate surface area is 109 Å². The number of anilines is 1. The number of nitriles is 1. The first-order chi connectivity index (χ1) is 8.99. The fraction of sp³-hybridized carbons (Fsp3) is 0.500. The van der Waals surface area contributed by atoms with Crippen LogP contribution in [-0.4, -0.2) is 48.8 Å². The topological polar surface area (TPSA) is 43.2 Å². The molecule has 1 aromatic rings. The van der Waals surface area contributed by atoms with E-state index in [1.165, 1.54) is 4.90 Å². The van der Waals surface area contributed by atoms with E-state index in [0.717, 1.165) is 0 Å². The Morgan fingerprint density at radius 1 is 1.26 bits per heavy atom. The molecule has 0 unspecified atom stereocenters. The van der Waals surface area contributed by atoms with Gasteiger partial charge in [-0.15, -0.1) is 0 Å². The zero-order chi connectivity index (χ0) is 13.9. The van der Waals surface area contributed by atoms with Gasteiger partial charge in [-0.25, -0.2) is 4.98 Å². The van der Waals surface area contributed by atoms with E-state index < -0.39 is 12.7 Å². The van der Waals surface area contributed by atoms with Crippen LogP contribution in [0.25, 0.3) is 0 Å². The molecule has 2 heterocycles. The van der Waals surface area contributed by atoms with E-state index >= 15 is 0 Å². The summed E-state index contributed by atoms with van der Waals surface area (Å²) in [4.78, 5) is 7.35. The van der Waals surface area contributed by atoms with Crippen molar-refractivity contribution in [2.45, 2.75) is 6.18 Å². The minimum Gasteiger partial charge on any atom is -0.353 e. The number of hydrogen-bond donors (Lipinski definition) is 0. The number of alkyl halides is 3. The third kappa shape index (κ3) is 3.58. The third-order valence-electron chi connectivity index (χ3n) is 2.98. The molecule has 0 bridgehead atoms. The summed E-state index contributed by atoms with van der Waals surface area (Å²) in [6, 6.07) is 5.37. The predicted molar refractivity (Wildman–Crippen MR) is 63.7 cm³/mol. The molecule has 0 N–H and O–H groups in total. The van der Waals surface area contributed by atoms with Crippen LogP contribution in [0.1, 0.15) is 5.56 Å². The maximum atomic E-state index is 12.3. The Morgan fingerprint density at radius 3 is 2.53 bits per heavy atom. The first kappa shape index (κ1) is 13.6. The molecule has 1 aromatic heterocycles. The summed E-state index contributed by atoms with van der Waals surface area (Å²) >= 11 is 0. The maximum absolute atomic E-state index is 12.3. The highest BCUT2D eigenvalue weighted by Gasteiger charge is 2.32. The van der Waals surface area contributed by atoms with Crippen molar-refractivity contribution in [3.63, 3.8) is 0 Å². The van der Waals surface area contributed by atoms with Crippen molar-refractivity contribution in [3.8, 4) is 6.07 Å². The number of hydrogen-bond acceptors (Lipinski definition) is 4. The van der Waals surface area contributed by atoms with E-state index in [2.05, 4.69) is 4.98 Å². The molecule has 0 aromatic carbocycles. The van der Waals surface area contributed by atoms with Crippen molar-refractivity contribution in [2.24, 2.45) is 0 Å². The number of halogens is 3. The van der Waals surface area contributed by atoms with Crippen LogP contribution in [0.15, 0.2) is 18.3 Å². The van der Waals surface area contributed by atoms with Crippen LogP contribution in [0.3, 0.4) is 0 Å². The van der Waals surface area contributed by atoms with Gasteiger partial charge in [0.05, 0.1) is 12.1 Å². The summed E-state index contributed by atoms with van der Waals surface area (Å²) in [5, 5.41) is 8.98. The fourth-order valence-electron chi connectivity index (χ4n) is 2.11.